The maximum Gasteiger partial charge on any atom is 0.138 e. The number of aryl methyl sites for hydroxylation is 2. The van der Waals surface area contributed by atoms with Crippen molar-refractivity contribution in [3.63, 3.8) is 0 Å². The van der Waals surface area contributed by atoms with Crippen LogP contribution in [0.1, 0.15) is 17.0 Å². The monoisotopic (exact) mass is 382 g/mol. The van der Waals surface area contributed by atoms with Gasteiger partial charge in [-0.25, -0.2) is 10.0 Å². The van der Waals surface area contributed by atoms with Gasteiger partial charge in [0.1, 0.15) is 18.1 Å². The van der Waals surface area contributed by atoms with E-state index in [0.717, 1.165) is 48.3 Å². The van der Waals surface area contributed by atoms with Crippen LogP contribution >= 0.6 is 0 Å². The molecule has 148 valence electrons. The fourth-order valence-electron chi connectivity index (χ4n) is 3.37. The van der Waals surface area contributed by atoms with Crippen molar-refractivity contribution in [3.8, 4) is 5.75 Å². The van der Waals surface area contributed by atoms with E-state index < -0.39 is 0 Å². The van der Waals surface area contributed by atoms with Gasteiger partial charge in [-0.3, -0.25) is 4.68 Å². The van der Waals surface area contributed by atoms with E-state index in [1.807, 2.05) is 55.1 Å². The van der Waals surface area contributed by atoms with Gasteiger partial charge in [-0.15, -0.1) is 0 Å². The lowest BCUT2D eigenvalue weighted by molar-refractivity contribution is 0.0421. The summed E-state index contributed by atoms with van der Waals surface area (Å²) in [7, 11) is 2.09. The van der Waals surface area contributed by atoms with Crippen LogP contribution in [0.5, 0.6) is 5.75 Å². The molecule has 0 atom stereocenters. The normalized spacial score (nSPS) is 15.5. The Bertz CT molecular complexity index is 887. The number of hydrogen-bond acceptors (Lipinski definition) is 7. The topological polar surface area (TPSA) is 62.8 Å². The molecule has 1 saturated heterocycles. The molecule has 0 N–H and O–H groups in total. The summed E-state index contributed by atoms with van der Waals surface area (Å²) in [4.78, 5) is 2.29. The average Bonchev–Trinajstić information content (AvgIpc) is 3.39. The van der Waals surface area contributed by atoms with E-state index in [2.05, 4.69) is 38.4 Å². The smallest absolute Gasteiger partial charge is 0.138 e. The zero-order chi connectivity index (χ0) is 19.5. The summed E-state index contributed by atoms with van der Waals surface area (Å²) in [6, 6.07) is 9.92. The van der Waals surface area contributed by atoms with Crippen molar-refractivity contribution in [2.24, 2.45) is 0 Å². The van der Waals surface area contributed by atoms with Crippen LogP contribution in [0.25, 0.3) is 0 Å². The summed E-state index contributed by atoms with van der Waals surface area (Å²) in [5.74, 6) is 1.75. The molecule has 3 aromatic rings. The van der Waals surface area contributed by atoms with Crippen molar-refractivity contribution in [2.75, 3.05) is 38.4 Å². The predicted molar refractivity (Wildman–Crippen MR) is 106 cm³/mol. The standard InChI is InChI=1S/C20H26N6O2/c1-16-20(17(2)28-22-16)13-25-12-18(11-21-25)24-14-23(3)26(15-24)9-10-27-19-7-5-4-6-8-19/h4-8,11-12H,9-10,13-15H2,1-3H3. The van der Waals surface area contributed by atoms with Crippen LogP contribution in [-0.4, -0.2) is 58.5 Å². The van der Waals surface area contributed by atoms with Gasteiger partial charge in [0, 0.05) is 25.4 Å². The van der Waals surface area contributed by atoms with Gasteiger partial charge < -0.3 is 14.2 Å². The molecule has 1 aromatic carbocycles. The van der Waals surface area contributed by atoms with Crippen LogP contribution in [0.3, 0.4) is 0 Å². The first-order valence-corrected chi connectivity index (χ1v) is 9.43. The van der Waals surface area contributed by atoms with Gasteiger partial charge in [0.05, 0.1) is 37.5 Å². The number of hydrogen-bond donors (Lipinski definition) is 0. The van der Waals surface area contributed by atoms with Crippen molar-refractivity contribution in [3.05, 3.63) is 59.7 Å². The maximum absolute atomic E-state index is 5.82. The Morgan fingerprint density at radius 3 is 2.71 bits per heavy atom. The van der Waals surface area contributed by atoms with Crippen molar-refractivity contribution in [2.45, 2.75) is 20.4 Å². The van der Waals surface area contributed by atoms with E-state index >= 15 is 0 Å². The first-order valence-electron chi connectivity index (χ1n) is 9.43. The number of rotatable bonds is 7. The van der Waals surface area contributed by atoms with Crippen molar-refractivity contribution in [1.29, 1.82) is 0 Å². The molecule has 28 heavy (non-hydrogen) atoms. The van der Waals surface area contributed by atoms with Gasteiger partial charge >= 0.3 is 0 Å². The minimum Gasteiger partial charge on any atom is -0.492 e. The second-order valence-electron chi connectivity index (χ2n) is 7.07. The maximum atomic E-state index is 5.82. The SMILES string of the molecule is Cc1noc(C)c1Cn1cc(N2CN(C)N(CCOc3ccccc3)C2)cn1. The van der Waals surface area contributed by atoms with Gasteiger partial charge in [-0.05, 0) is 26.0 Å². The molecule has 1 aliphatic heterocycles. The third kappa shape index (κ3) is 4.02. The van der Waals surface area contributed by atoms with Gasteiger partial charge in [0.15, 0.2) is 0 Å². The van der Waals surface area contributed by atoms with E-state index in [0.29, 0.717) is 13.2 Å². The molecule has 0 radical (unpaired) electrons. The Labute approximate surface area is 164 Å². The third-order valence-corrected chi connectivity index (χ3v) is 5.04. The molecule has 0 bridgehead atoms. The fourth-order valence-corrected chi connectivity index (χ4v) is 3.37. The molecule has 0 saturated carbocycles. The second kappa shape index (κ2) is 8.04. The summed E-state index contributed by atoms with van der Waals surface area (Å²) in [5, 5.41) is 13.0. The number of anilines is 1. The number of aromatic nitrogens is 3. The molecule has 8 nitrogen and oxygen atoms in total. The summed E-state index contributed by atoms with van der Waals surface area (Å²) < 4.78 is 13.0. The molecular formula is C20H26N6O2. The highest BCUT2D eigenvalue weighted by Crippen LogP contribution is 2.21. The van der Waals surface area contributed by atoms with Gasteiger partial charge in [-0.1, -0.05) is 23.4 Å². The lowest BCUT2D eigenvalue weighted by Gasteiger charge is -2.21. The van der Waals surface area contributed by atoms with Crippen LogP contribution in [0.4, 0.5) is 5.69 Å². The molecule has 0 spiro atoms. The molecule has 8 heteroatoms. The molecule has 2 aromatic heterocycles. The van der Waals surface area contributed by atoms with Crippen LogP contribution in [0.15, 0.2) is 47.2 Å². The van der Waals surface area contributed by atoms with Crippen LogP contribution in [0.2, 0.25) is 0 Å². The highest BCUT2D eigenvalue weighted by Gasteiger charge is 2.26. The molecule has 0 aliphatic carbocycles. The quantitative estimate of drug-likeness (QED) is 0.622. The molecule has 0 amide bonds. The number of para-hydroxylation sites is 1. The van der Waals surface area contributed by atoms with Gasteiger partial charge in [0.25, 0.3) is 0 Å². The number of ether oxygens (including phenoxy) is 1. The molecule has 1 aliphatic rings. The molecule has 1 fully saturated rings. The lowest BCUT2D eigenvalue weighted by Crippen LogP contribution is -2.36. The Balaban J connectivity index is 1.32. The highest BCUT2D eigenvalue weighted by atomic mass is 16.5. The van der Waals surface area contributed by atoms with E-state index in [-0.39, 0.29) is 0 Å². The third-order valence-electron chi connectivity index (χ3n) is 5.04. The Hall–Kier alpha value is -2.84. The minimum atomic E-state index is 0.646. The molecule has 0 unspecified atom stereocenters. The largest absolute Gasteiger partial charge is 0.492 e. The Morgan fingerprint density at radius 1 is 1.14 bits per heavy atom. The van der Waals surface area contributed by atoms with Crippen LogP contribution < -0.4 is 9.64 Å². The summed E-state index contributed by atoms with van der Waals surface area (Å²) >= 11 is 0. The fraction of sp³-hybridized carbons (Fsp3) is 0.400. The van der Waals surface area contributed by atoms with Crippen LogP contribution in [0, 0.1) is 13.8 Å². The predicted octanol–water partition coefficient (Wildman–Crippen LogP) is 2.50. The first-order chi connectivity index (χ1) is 13.6. The Kier molecular flexibility index (Phi) is 5.31. The first kappa shape index (κ1) is 18.5. The average molecular weight is 382 g/mol. The Morgan fingerprint density at radius 2 is 1.96 bits per heavy atom. The second-order valence-corrected chi connectivity index (χ2v) is 7.07. The minimum absolute atomic E-state index is 0.646. The summed E-state index contributed by atoms with van der Waals surface area (Å²) in [6.07, 6.45) is 3.99. The lowest BCUT2D eigenvalue weighted by atomic mass is 10.2. The summed E-state index contributed by atoms with van der Waals surface area (Å²) in [6.45, 7) is 7.67. The number of benzene rings is 1. The van der Waals surface area contributed by atoms with E-state index in [9.17, 15) is 0 Å². The van der Waals surface area contributed by atoms with E-state index in [1.54, 1.807) is 0 Å². The number of hydrazine groups is 1. The molecule has 4 rings (SSSR count). The van der Waals surface area contributed by atoms with Crippen LogP contribution in [-0.2, 0) is 6.54 Å². The van der Waals surface area contributed by atoms with Crippen molar-refractivity contribution >= 4 is 5.69 Å². The zero-order valence-electron chi connectivity index (χ0n) is 16.6. The molecular weight excluding hydrogens is 356 g/mol. The number of nitrogens with zero attached hydrogens (tertiary/aromatic N) is 6. The molecule has 3 heterocycles. The highest BCUT2D eigenvalue weighted by molar-refractivity contribution is 5.43. The zero-order valence-corrected chi connectivity index (χ0v) is 16.6. The van der Waals surface area contributed by atoms with Gasteiger partial charge in [0.2, 0.25) is 0 Å². The van der Waals surface area contributed by atoms with Crippen molar-refractivity contribution in [1.82, 2.24) is 25.0 Å². The summed E-state index contributed by atoms with van der Waals surface area (Å²) in [5.41, 5.74) is 3.11. The van der Waals surface area contributed by atoms with Crippen molar-refractivity contribution < 1.29 is 9.26 Å². The van der Waals surface area contributed by atoms with E-state index in [4.69, 9.17) is 9.26 Å². The van der Waals surface area contributed by atoms with Gasteiger partial charge in [-0.2, -0.15) is 5.10 Å². The van der Waals surface area contributed by atoms with E-state index in [1.165, 1.54) is 0 Å².